The average Bonchev–Trinajstić information content (AvgIpc) is 3.14. The van der Waals surface area contributed by atoms with E-state index in [-0.39, 0.29) is 10.8 Å². The van der Waals surface area contributed by atoms with Gasteiger partial charge in [-0.05, 0) is 12.2 Å². The topological polar surface area (TPSA) is 96.0 Å². The number of carbonyl (C=O) groups excluding carboxylic acids is 1. The molecule has 1 aliphatic heterocycles. The summed E-state index contributed by atoms with van der Waals surface area (Å²) in [4.78, 5) is 16.4. The highest BCUT2D eigenvalue weighted by Gasteiger charge is 2.34. The Labute approximate surface area is 135 Å². The van der Waals surface area contributed by atoms with Crippen LogP contribution >= 0.6 is 23.6 Å². The standard InChI is InChI=1S/C13H10N6OS2/c14-12(21)19-11(20)10(16-17-13-15-6-7-22-13)9(18-19)8-4-2-1-3-5-8/h1-7H,(H2,14,21)(H,15,17)/b16-10+. The van der Waals surface area contributed by atoms with E-state index in [9.17, 15) is 4.79 Å². The SMILES string of the molecule is NC(=S)N1N=C(c2ccccc2)/C(=N\Nc2nccs2)C1=O. The van der Waals surface area contributed by atoms with Gasteiger partial charge in [-0.15, -0.1) is 11.3 Å². The van der Waals surface area contributed by atoms with E-state index in [0.717, 1.165) is 10.6 Å². The van der Waals surface area contributed by atoms with Crippen LogP contribution in [-0.2, 0) is 4.79 Å². The zero-order chi connectivity index (χ0) is 15.5. The van der Waals surface area contributed by atoms with E-state index in [1.807, 2.05) is 30.3 Å². The fraction of sp³-hybridized carbons (Fsp3) is 0. The number of hydrazone groups is 2. The number of thiocarbonyl (C=S) groups is 1. The number of thiazole rings is 1. The molecule has 0 radical (unpaired) electrons. The molecule has 1 aromatic carbocycles. The van der Waals surface area contributed by atoms with Crippen molar-refractivity contribution in [3.8, 4) is 0 Å². The van der Waals surface area contributed by atoms with Gasteiger partial charge in [0, 0.05) is 17.1 Å². The summed E-state index contributed by atoms with van der Waals surface area (Å²) in [6.45, 7) is 0. The third-order valence-electron chi connectivity index (χ3n) is 2.77. The fourth-order valence-electron chi connectivity index (χ4n) is 1.82. The summed E-state index contributed by atoms with van der Waals surface area (Å²) in [6.07, 6.45) is 1.64. The molecular formula is C13H10N6OS2. The molecule has 110 valence electrons. The summed E-state index contributed by atoms with van der Waals surface area (Å²) >= 11 is 6.21. The molecule has 0 unspecified atom stereocenters. The van der Waals surface area contributed by atoms with E-state index in [2.05, 4.69) is 20.6 Å². The minimum absolute atomic E-state index is 0.127. The molecule has 0 saturated carbocycles. The molecule has 0 fully saturated rings. The van der Waals surface area contributed by atoms with Crippen molar-refractivity contribution in [2.75, 3.05) is 5.43 Å². The maximum atomic E-state index is 12.3. The molecule has 2 aromatic rings. The number of anilines is 1. The van der Waals surface area contributed by atoms with Gasteiger partial charge in [-0.1, -0.05) is 30.3 Å². The van der Waals surface area contributed by atoms with Gasteiger partial charge in [0.15, 0.2) is 10.8 Å². The molecule has 2 heterocycles. The first-order valence-corrected chi connectivity index (χ1v) is 7.47. The summed E-state index contributed by atoms with van der Waals surface area (Å²) in [6, 6.07) is 9.22. The van der Waals surface area contributed by atoms with Crippen LogP contribution in [-0.4, -0.2) is 32.4 Å². The second-order valence-electron chi connectivity index (χ2n) is 4.18. The van der Waals surface area contributed by atoms with Gasteiger partial charge in [-0.2, -0.15) is 15.2 Å². The van der Waals surface area contributed by atoms with E-state index in [1.54, 1.807) is 11.6 Å². The molecule has 22 heavy (non-hydrogen) atoms. The van der Waals surface area contributed by atoms with Gasteiger partial charge in [-0.3, -0.25) is 10.2 Å². The summed E-state index contributed by atoms with van der Waals surface area (Å²) < 4.78 is 0. The molecule has 1 amide bonds. The van der Waals surface area contributed by atoms with Crippen molar-refractivity contribution in [3.05, 3.63) is 47.5 Å². The molecule has 9 heteroatoms. The number of nitrogens with two attached hydrogens (primary N) is 1. The van der Waals surface area contributed by atoms with Crippen LogP contribution in [0.1, 0.15) is 5.56 Å². The molecule has 0 aliphatic carbocycles. The van der Waals surface area contributed by atoms with E-state index in [4.69, 9.17) is 18.0 Å². The Morgan fingerprint density at radius 3 is 2.77 bits per heavy atom. The van der Waals surface area contributed by atoms with Crippen molar-refractivity contribution in [1.29, 1.82) is 0 Å². The number of nitrogens with zero attached hydrogens (tertiary/aromatic N) is 4. The summed E-state index contributed by atoms with van der Waals surface area (Å²) in [5.74, 6) is -0.476. The smallest absolute Gasteiger partial charge is 0.303 e. The van der Waals surface area contributed by atoms with E-state index in [0.29, 0.717) is 10.8 Å². The molecule has 0 bridgehead atoms. The van der Waals surface area contributed by atoms with Crippen LogP contribution in [0.2, 0.25) is 0 Å². The predicted octanol–water partition coefficient (Wildman–Crippen LogP) is 1.40. The Kier molecular flexibility index (Phi) is 3.90. The van der Waals surface area contributed by atoms with E-state index < -0.39 is 5.91 Å². The van der Waals surface area contributed by atoms with Gasteiger partial charge in [0.25, 0.3) is 0 Å². The van der Waals surface area contributed by atoms with Crippen molar-refractivity contribution < 1.29 is 4.79 Å². The number of nitrogens with one attached hydrogen (secondary N) is 1. The number of carbonyl (C=O) groups is 1. The summed E-state index contributed by atoms with van der Waals surface area (Å²) in [5, 5.41) is 11.5. The van der Waals surface area contributed by atoms with Crippen molar-refractivity contribution in [3.63, 3.8) is 0 Å². The van der Waals surface area contributed by atoms with Crippen LogP contribution in [0.25, 0.3) is 0 Å². The number of amides is 1. The average molecular weight is 330 g/mol. The van der Waals surface area contributed by atoms with Gasteiger partial charge in [0.2, 0.25) is 5.13 Å². The first kappa shape index (κ1) is 14.3. The van der Waals surface area contributed by atoms with Crippen molar-refractivity contribution in [2.24, 2.45) is 15.9 Å². The van der Waals surface area contributed by atoms with E-state index >= 15 is 0 Å². The third-order valence-corrected chi connectivity index (χ3v) is 3.62. The lowest BCUT2D eigenvalue weighted by atomic mass is 10.1. The fourth-order valence-corrected chi connectivity index (χ4v) is 2.41. The van der Waals surface area contributed by atoms with Gasteiger partial charge in [0.1, 0.15) is 5.71 Å². The lowest BCUT2D eigenvalue weighted by Gasteiger charge is -2.06. The summed E-state index contributed by atoms with van der Waals surface area (Å²) in [7, 11) is 0. The zero-order valence-corrected chi connectivity index (χ0v) is 12.8. The van der Waals surface area contributed by atoms with Crippen molar-refractivity contribution >= 4 is 51.1 Å². The highest BCUT2D eigenvalue weighted by atomic mass is 32.1. The maximum Gasteiger partial charge on any atom is 0.303 e. The van der Waals surface area contributed by atoms with Crippen LogP contribution in [0.4, 0.5) is 5.13 Å². The number of aromatic nitrogens is 1. The lowest BCUT2D eigenvalue weighted by molar-refractivity contribution is -0.119. The van der Waals surface area contributed by atoms with Crippen LogP contribution < -0.4 is 11.2 Å². The van der Waals surface area contributed by atoms with Gasteiger partial charge in [0.05, 0.1) is 0 Å². The highest BCUT2D eigenvalue weighted by molar-refractivity contribution is 7.80. The molecule has 0 atom stereocenters. The number of rotatable bonds is 3. The molecule has 7 nitrogen and oxygen atoms in total. The molecule has 1 aromatic heterocycles. The first-order valence-electron chi connectivity index (χ1n) is 6.18. The zero-order valence-electron chi connectivity index (χ0n) is 11.1. The number of hydrogen-bond donors (Lipinski definition) is 2. The maximum absolute atomic E-state index is 12.3. The second-order valence-corrected chi connectivity index (χ2v) is 5.49. The molecule has 1 aliphatic rings. The largest absolute Gasteiger partial charge is 0.374 e. The van der Waals surface area contributed by atoms with Crippen LogP contribution in [0.15, 0.2) is 52.1 Å². The Hall–Kier alpha value is -2.65. The number of hydrogen-bond acceptors (Lipinski definition) is 7. The molecule has 3 rings (SSSR count). The number of benzene rings is 1. The molecule has 3 N–H and O–H groups in total. The Morgan fingerprint density at radius 2 is 2.14 bits per heavy atom. The predicted molar refractivity (Wildman–Crippen MR) is 89.8 cm³/mol. The Bertz CT molecular complexity index is 769. The molecule has 0 spiro atoms. The highest BCUT2D eigenvalue weighted by Crippen LogP contribution is 2.15. The second kappa shape index (κ2) is 6.00. The van der Waals surface area contributed by atoms with Crippen LogP contribution in [0.3, 0.4) is 0 Å². The molecular weight excluding hydrogens is 320 g/mol. The minimum Gasteiger partial charge on any atom is -0.374 e. The van der Waals surface area contributed by atoms with Gasteiger partial charge < -0.3 is 5.73 Å². The van der Waals surface area contributed by atoms with Crippen LogP contribution in [0.5, 0.6) is 0 Å². The van der Waals surface area contributed by atoms with Gasteiger partial charge >= 0.3 is 5.91 Å². The third kappa shape index (κ3) is 2.71. The van der Waals surface area contributed by atoms with Crippen molar-refractivity contribution in [2.45, 2.75) is 0 Å². The van der Waals surface area contributed by atoms with Crippen LogP contribution in [0, 0.1) is 0 Å². The Balaban J connectivity index is 1.98. The monoisotopic (exact) mass is 330 g/mol. The lowest BCUT2D eigenvalue weighted by Crippen LogP contribution is -2.36. The minimum atomic E-state index is -0.476. The van der Waals surface area contributed by atoms with Gasteiger partial charge in [-0.25, -0.2) is 4.98 Å². The first-order chi connectivity index (χ1) is 10.7. The van der Waals surface area contributed by atoms with Crippen molar-refractivity contribution in [1.82, 2.24) is 9.99 Å². The molecule has 0 saturated heterocycles. The Morgan fingerprint density at radius 1 is 1.36 bits per heavy atom. The summed E-state index contributed by atoms with van der Waals surface area (Å²) in [5.41, 5.74) is 9.55. The van der Waals surface area contributed by atoms with E-state index in [1.165, 1.54) is 11.3 Å². The normalized spacial score (nSPS) is 16.0. The quantitative estimate of drug-likeness (QED) is 0.655.